The second-order valence-electron chi connectivity index (χ2n) is 13.6. The van der Waals surface area contributed by atoms with Gasteiger partial charge in [0.05, 0.1) is 0 Å². The van der Waals surface area contributed by atoms with Crippen LogP contribution in [0.4, 0.5) is 11.4 Å². The Bertz CT molecular complexity index is 1680. The third-order valence-corrected chi connectivity index (χ3v) is 12.2. The lowest BCUT2D eigenvalue weighted by Gasteiger charge is -2.45. The van der Waals surface area contributed by atoms with E-state index in [-0.39, 0.29) is 34.7 Å². The lowest BCUT2D eigenvalue weighted by Crippen LogP contribution is -2.49. The number of amides is 1. The number of benzene rings is 2. The van der Waals surface area contributed by atoms with E-state index in [1.807, 2.05) is 56.3 Å². The number of anilines is 2. The van der Waals surface area contributed by atoms with Crippen LogP contribution in [0.25, 0.3) is 10.4 Å². The van der Waals surface area contributed by atoms with Gasteiger partial charge in [-0.15, -0.1) is 11.3 Å². The van der Waals surface area contributed by atoms with E-state index in [1.165, 1.54) is 16.9 Å². The van der Waals surface area contributed by atoms with E-state index >= 15 is 0 Å². The lowest BCUT2D eigenvalue weighted by atomic mass is 9.89. The zero-order chi connectivity index (χ0) is 37.8. The van der Waals surface area contributed by atoms with Crippen molar-refractivity contribution in [3.8, 4) is 16.2 Å². The normalized spacial score (nSPS) is 17.5. The molecule has 13 heteroatoms. The number of hydrogen-bond donors (Lipinski definition) is 3. The molecule has 1 aromatic heterocycles. The Kier molecular flexibility index (Phi) is 15.3. The number of aldehydes is 1. The Balaban J connectivity index is 0.00000297. The number of likely N-dealkylation sites (tertiary alicyclic amines) is 1. The average molecular weight is 753 g/mol. The molecule has 0 saturated carbocycles. The Morgan fingerprint density at radius 2 is 1.85 bits per heavy atom. The van der Waals surface area contributed by atoms with Gasteiger partial charge in [-0.2, -0.15) is 0 Å². The molecule has 282 valence electrons. The molecule has 2 aliphatic heterocycles. The first-order chi connectivity index (χ1) is 25.0. The van der Waals surface area contributed by atoms with Crippen molar-refractivity contribution in [2.75, 3.05) is 57.2 Å². The first kappa shape index (κ1) is 41.0. The molecule has 3 heterocycles. The highest BCUT2D eigenvalue weighted by atomic mass is 32.2. The van der Waals surface area contributed by atoms with Crippen LogP contribution in [-0.2, 0) is 26.6 Å². The van der Waals surface area contributed by atoms with E-state index in [2.05, 4.69) is 46.6 Å². The van der Waals surface area contributed by atoms with Crippen molar-refractivity contribution >= 4 is 58.6 Å². The number of piperidine rings is 2. The second kappa shape index (κ2) is 19.4. The predicted molar refractivity (Wildman–Crippen MR) is 210 cm³/mol. The number of ether oxygens (including phenoxy) is 1. The molecule has 11 nitrogen and oxygen atoms in total. The fourth-order valence-electron chi connectivity index (χ4n) is 6.75. The maximum absolute atomic E-state index is 13.0. The van der Waals surface area contributed by atoms with Gasteiger partial charge in [-0.1, -0.05) is 43.1 Å². The first-order valence-electron chi connectivity index (χ1n) is 17.8. The van der Waals surface area contributed by atoms with Gasteiger partial charge < -0.3 is 30.1 Å². The second-order valence-corrected chi connectivity index (χ2v) is 15.6. The summed E-state index contributed by atoms with van der Waals surface area (Å²) in [5.74, 6) is 0.414. The number of hydrogen-bond acceptors (Lipinski definition) is 11. The molecule has 0 spiro atoms. The third-order valence-electron chi connectivity index (χ3n) is 9.51. The van der Waals surface area contributed by atoms with Crippen LogP contribution in [-0.4, -0.2) is 102 Å². The van der Waals surface area contributed by atoms with Crippen molar-refractivity contribution in [1.82, 2.24) is 9.21 Å². The first-order valence-corrected chi connectivity index (χ1v) is 19.5. The summed E-state index contributed by atoms with van der Waals surface area (Å²) in [4.78, 5) is 52.3. The topological polar surface area (TPSA) is 140 Å². The highest BCUT2D eigenvalue weighted by Crippen LogP contribution is 2.43. The van der Waals surface area contributed by atoms with Crippen LogP contribution in [0.5, 0.6) is 5.75 Å². The molecule has 0 bridgehead atoms. The fraction of sp³-hybridized carbons (Fsp3) is 0.487. The minimum Gasteiger partial charge on any atom is -0.484 e. The summed E-state index contributed by atoms with van der Waals surface area (Å²) < 4.78 is 8.05. The molecule has 2 aromatic carbocycles. The van der Waals surface area contributed by atoms with Crippen molar-refractivity contribution in [2.45, 2.75) is 76.6 Å². The number of rotatable bonds is 15. The molecule has 1 unspecified atom stereocenters. The Morgan fingerprint density at radius 1 is 1.12 bits per heavy atom. The van der Waals surface area contributed by atoms with Crippen LogP contribution in [0.1, 0.15) is 73.7 Å². The number of carboxylic acids is 1. The molecule has 1 amide bonds. The average Bonchev–Trinajstić information content (AvgIpc) is 3.52. The van der Waals surface area contributed by atoms with Crippen molar-refractivity contribution in [2.24, 2.45) is 0 Å². The summed E-state index contributed by atoms with van der Waals surface area (Å²) in [6.07, 6.45) is 4.72. The van der Waals surface area contributed by atoms with Crippen molar-refractivity contribution in [3.05, 3.63) is 64.5 Å². The molecule has 3 aromatic rings. The van der Waals surface area contributed by atoms with Gasteiger partial charge in [0.25, 0.3) is 0 Å². The number of nitrogens with zero attached hydrogens (tertiary/aromatic N) is 3. The van der Waals surface area contributed by atoms with E-state index < -0.39 is 5.97 Å². The predicted octanol–water partition coefficient (Wildman–Crippen LogP) is 6.38. The van der Waals surface area contributed by atoms with Crippen LogP contribution in [0.15, 0.2) is 48.5 Å². The summed E-state index contributed by atoms with van der Waals surface area (Å²) in [7, 11) is 2.84. The number of Topliss-reactive ketones (excluding diaryl/α,β-unsaturated/α-hetero) is 1. The van der Waals surface area contributed by atoms with Crippen LogP contribution >= 0.6 is 23.3 Å². The van der Waals surface area contributed by atoms with Crippen molar-refractivity contribution < 1.29 is 34.1 Å². The maximum atomic E-state index is 13.0. The maximum Gasteiger partial charge on any atom is 0.349 e. The molecule has 0 radical (unpaired) electrons. The minimum absolute atomic E-state index is 0.0635. The van der Waals surface area contributed by atoms with Gasteiger partial charge in [0.2, 0.25) is 5.91 Å². The van der Waals surface area contributed by atoms with Gasteiger partial charge in [-0.25, -0.2) is 9.10 Å². The van der Waals surface area contributed by atoms with Crippen LogP contribution < -0.4 is 15.0 Å². The van der Waals surface area contributed by atoms with Crippen LogP contribution in [0.2, 0.25) is 0 Å². The highest BCUT2D eigenvalue weighted by molar-refractivity contribution is 7.96. The van der Waals surface area contributed by atoms with Gasteiger partial charge in [-0.3, -0.25) is 14.4 Å². The van der Waals surface area contributed by atoms with E-state index in [0.29, 0.717) is 44.3 Å². The Hall–Kier alpha value is -3.75. The molecular formula is C39H52N4O7S2. The standard InChI is InChI=1S/C38H48N4O6S2.CH4O/c1-5-32-34(48-21-20-43)36(37(46)47)50-35(32)27-9-7-10-28(23-27)39-29-12-19-42(38(2,3)24-29)49-25-26-8-6-11-30(22-26)40(4)33(45)15-18-41-16-13-31(44)14-17-41;1-2/h6-11,20,22-23,29,39H,5,12-19,21,24-25H2,1-4H3,(H,46,47);2H,1H3. The number of carbonyl (C=O) groups is 4. The van der Waals surface area contributed by atoms with Gasteiger partial charge in [0.1, 0.15) is 18.1 Å². The molecule has 2 aliphatic rings. The number of thiophene rings is 1. The summed E-state index contributed by atoms with van der Waals surface area (Å²) in [6.45, 7) is 9.41. The fourth-order valence-corrected chi connectivity index (χ4v) is 9.06. The van der Waals surface area contributed by atoms with Gasteiger partial charge >= 0.3 is 5.97 Å². The molecule has 5 rings (SSSR count). The van der Waals surface area contributed by atoms with E-state index in [0.717, 1.165) is 72.7 Å². The molecule has 2 fully saturated rings. The van der Waals surface area contributed by atoms with Gasteiger partial charge in [0, 0.05) is 98.7 Å². The summed E-state index contributed by atoms with van der Waals surface area (Å²) in [5, 5.41) is 20.5. The molecule has 1 atom stereocenters. The highest BCUT2D eigenvalue weighted by Gasteiger charge is 2.35. The number of ketones is 1. The minimum atomic E-state index is -1.06. The van der Waals surface area contributed by atoms with Crippen LogP contribution in [0, 0.1) is 0 Å². The molecule has 0 aliphatic carbocycles. The van der Waals surface area contributed by atoms with E-state index in [9.17, 15) is 24.3 Å². The van der Waals surface area contributed by atoms with Crippen molar-refractivity contribution in [1.29, 1.82) is 0 Å². The van der Waals surface area contributed by atoms with Crippen LogP contribution in [0.3, 0.4) is 0 Å². The summed E-state index contributed by atoms with van der Waals surface area (Å²) in [5.41, 5.74) is 4.69. The van der Waals surface area contributed by atoms with E-state index in [1.54, 1.807) is 4.90 Å². The van der Waals surface area contributed by atoms with E-state index in [4.69, 9.17) is 9.84 Å². The number of nitrogens with one attached hydrogen (secondary N) is 1. The SMILES string of the molecule is CCc1c(-c2cccc(NC3CCN(SCc4cccc(N(C)C(=O)CCN5CCC(=O)CC5)c4)C(C)(C)C3)c2)sc(C(=O)O)c1OCC=O.CO. The Morgan fingerprint density at radius 3 is 2.52 bits per heavy atom. The summed E-state index contributed by atoms with van der Waals surface area (Å²) >= 11 is 3.01. The largest absolute Gasteiger partial charge is 0.484 e. The monoisotopic (exact) mass is 752 g/mol. The van der Waals surface area contributed by atoms with Gasteiger partial charge in [-0.05, 0) is 68.5 Å². The quantitative estimate of drug-likeness (QED) is 0.118. The number of aliphatic hydroxyl groups is 1. The number of aliphatic hydroxyl groups excluding tert-OH is 1. The zero-order valence-electron chi connectivity index (χ0n) is 30.9. The summed E-state index contributed by atoms with van der Waals surface area (Å²) in [6, 6.07) is 16.6. The smallest absolute Gasteiger partial charge is 0.349 e. The molecule has 52 heavy (non-hydrogen) atoms. The number of aromatic carboxylic acids is 1. The third kappa shape index (κ3) is 10.7. The molecule has 2 saturated heterocycles. The number of carboxylic acid groups (broad SMARTS) is 1. The Labute approximate surface area is 315 Å². The molecular weight excluding hydrogens is 701 g/mol. The molecule has 3 N–H and O–H groups in total. The zero-order valence-corrected chi connectivity index (χ0v) is 32.5. The lowest BCUT2D eigenvalue weighted by molar-refractivity contribution is -0.121. The number of carbonyl (C=O) groups excluding carboxylic acids is 3. The van der Waals surface area contributed by atoms with Crippen molar-refractivity contribution in [3.63, 3.8) is 0 Å². The van der Waals surface area contributed by atoms with Gasteiger partial charge in [0.15, 0.2) is 11.2 Å².